The topological polar surface area (TPSA) is 84.5 Å². The molecule has 0 radical (unpaired) electrons. The molecule has 6 nitrogen and oxygen atoms in total. The van der Waals surface area contributed by atoms with Crippen LogP contribution >= 0.6 is 11.8 Å². The quantitative estimate of drug-likeness (QED) is 0.675. The molecule has 2 amide bonds. The van der Waals surface area contributed by atoms with E-state index in [1.807, 2.05) is 18.4 Å². The first-order valence-electron chi connectivity index (χ1n) is 8.46. The molecule has 0 bridgehead atoms. The average molecular weight is 381 g/mol. The lowest BCUT2D eigenvalue weighted by Gasteiger charge is -2.20. The summed E-state index contributed by atoms with van der Waals surface area (Å²) in [7, 11) is 1.46. The fourth-order valence-corrected chi connectivity index (χ4v) is 2.63. The number of esters is 1. The molecule has 7 heteroatoms. The molecule has 0 aliphatic rings. The van der Waals surface area contributed by atoms with Gasteiger partial charge >= 0.3 is 5.97 Å². The molecule has 0 aromatic heterocycles. The molecule has 26 heavy (non-hydrogen) atoms. The molecule has 0 fully saturated rings. The Morgan fingerprint density at radius 2 is 1.77 bits per heavy atom. The Kier molecular flexibility index (Phi) is 8.65. The van der Waals surface area contributed by atoms with Crippen LogP contribution in [0.25, 0.3) is 0 Å². The number of carbonyl (C=O) groups is 3. The van der Waals surface area contributed by atoms with Crippen LogP contribution in [-0.2, 0) is 19.7 Å². The number of benzene rings is 1. The molecule has 2 N–H and O–H groups in total. The summed E-state index contributed by atoms with van der Waals surface area (Å²) in [5.74, 6) is -0.662. The third kappa shape index (κ3) is 7.07. The van der Waals surface area contributed by atoms with Crippen LogP contribution in [0.4, 0.5) is 0 Å². The minimum Gasteiger partial charge on any atom is -0.454 e. The summed E-state index contributed by atoms with van der Waals surface area (Å²) in [6, 6.07) is 6.53. The van der Waals surface area contributed by atoms with Crippen molar-refractivity contribution in [2.45, 2.75) is 38.6 Å². The molecule has 0 saturated carbocycles. The van der Waals surface area contributed by atoms with Gasteiger partial charge in [-0.3, -0.25) is 9.59 Å². The lowest BCUT2D eigenvalue weighted by molar-refractivity contribution is -0.150. The Morgan fingerprint density at radius 1 is 1.15 bits per heavy atom. The van der Waals surface area contributed by atoms with Gasteiger partial charge < -0.3 is 15.4 Å². The van der Waals surface area contributed by atoms with Crippen molar-refractivity contribution in [1.82, 2.24) is 10.6 Å². The molecule has 1 atom stereocenters. The normalized spacial score (nSPS) is 12.2. The number of ether oxygens (including phenoxy) is 1. The zero-order chi connectivity index (χ0) is 19.7. The Labute approximate surface area is 159 Å². The molecule has 144 valence electrons. The van der Waals surface area contributed by atoms with E-state index >= 15 is 0 Å². The van der Waals surface area contributed by atoms with Crippen molar-refractivity contribution in [2.75, 3.05) is 25.7 Å². The first-order chi connectivity index (χ1) is 12.2. The second-order valence-corrected chi connectivity index (χ2v) is 7.90. The van der Waals surface area contributed by atoms with Gasteiger partial charge in [0.2, 0.25) is 0 Å². The van der Waals surface area contributed by atoms with Crippen LogP contribution in [0, 0.1) is 0 Å². The number of thioether (sulfide) groups is 1. The van der Waals surface area contributed by atoms with Crippen LogP contribution < -0.4 is 10.6 Å². The lowest BCUT2D eigenvalue weighted by atomic mass is 9.86. The van der Waals surface area contributed by atoms with E-state index in [1.54, 1.807) is 23.9 Å². The summed E-state index contributed by atoms with van der Waals surface area (Å²) in [5.41, 5.74) is 1.60. The van der Waals surface area contributed by atoms with Crippen molar-refractivity contribution in [1.29, 1.82) is 0 Å². The zero-order valence-corrected chi connectivity index (χ0v) is 16.9. The third-order valence-corrected chi connectivity index (χ3v) is 4.48. The number of amides is 2. The van der Waals surface area contributed by atoms with Gasteiger partial charge in [-0.25, -0.2) is 4.79 Å². The highest BCUT2D eigenvalue weighted by atomic mass is 32.2. The average Bonchev–Trinajstić information content (AvgIpc) is 2.61. The predicted molar refractivity (Wildman–Crippen MR) is 104 cm³/mol. The number of hydrogen-bond acceptors (Lipinski definition) is 5. The molecule has 0 aliphatic heterocycles. The fourth-order valence-electron chi connectivity index (χ4n) is 2.16. The van der Waals surface area contributed by atoms with E-state index in [0.717, 1.165) is 5.56 Å². The minimum atomic E-state index is -0.790. The van der Waals surface area contributed by atoms with Crippen LogP contribution in [-0.4, -0.2) is 49.5 Å². The van der Waals surface area contributed by atoms with Crippen molar-refractivity contribution in [3.8, 4) is 0 Å². The highest BCUT2D eigenvalue weighted by Crippen LogP contribution is 2.22. The summed E-state index contributed by atoms with van der Waals surface area (Å²) in [6.45, 7) is 5.94. The van der Waals surface area contributed by atoms with Crippen LogP contribution in [0.5, 0.6) is 0 Å². The molecule has 1 rings (SSSR count). The molecule has 0 unspecified atom stereocenters. The van der Waals surface area contributed by atoms with E-state index in [4.69, 9.17) is 4.74 Å². The van der Waals surface area contributed by atoms with Gasteiger partial charge in [-0.1, -0.05) is 32.9 Å². The largest absolute Gasteiger partial charge is 0.454 e. The molecule has 0 saturated heterocycles. The third-order valence-electron chi connectivity index (χ3n) is 3.84. The first kappa shape index (κ1) is 22.0. The second kappa shape index (κ2) is 10.2. The maximum atomic E-state index is 12.5. The maximum Gasteiger partial charge on any atom is 0.329 e. The summed E-state index contributed by atoms with van der Waals surface area (Å²) in [4.78, 5) is 35.9. The van der Waals surface area contributed by atoms with Gasteiger partial charge in [-0.05, 0) is 41.5 Å². The van der Waals surface area contributed by atoms with Crippen LogP contribution in [0.15, 0.2) is 24.3 Å². The zero-order valence-electron chi connectivity index (χ0n) is 16.0. The van der Waals surface area contributed by atoms with E-state index in [9.17, 15) is 14.4 Å². The number of rotatable bonds is 8. The van der Waals surface area contributed by atoms with Crippen molar-refractivity contribution in [2.24, 2.45) is 0 Å². The SMILES string of the molecule is CNC(=O)COC(=O)[C@H](CCSC)NC(=O)c1ccc(C(C)(C)C)cc1. The van der Waals surface area contributed by atoms with E-state index < -0.39 is 17.9 Å². The smallest absolute Gasteiger partial charge is 0.329 e. The monoisotopic (exact) mass is 380 g/mol. The highest BCUT2D eigenvalue weighted by Gasteiger charge is 2.23. The van der Waals surface area contributed by atoms with Gasteiger partial charge in [-0.2, -0.15) is 11.8 Å². The Balaban J connectivity index is 2.78. The Hall–Kier alpha value is -2.02. The summed E-state index contributed by atoms with van der Waals surface area (Å²) in [5, 5.41) is 5.09. The van der Waals surface area contributed by atoms with Gasteiger partial charge in [0.1, 0.15) is 6.04 Å². The highest BCUT2D eigenvalue weighted by molar-refractivity contribution is 7.98. The molecule has 0 aliphatic carbocycles. The standard InChI is InChI=1S/C19H28N2O4S/c1-19(2,3)14-8-6-13(7-9-14)17(23)21-15(10-11-26-5)18(24)25-12-16(22)20-4/h6-9,15H,10-12H2,1-5H3,(H,20,22)(H,21,23)/t15-/m0/s1. The molecule has 0 heterocycles. The molecular weight excluding hydrogens is 352 g/mol. The molecule has 0 spiro atoms. The molecule has 1 aromatic carbocycles. The maximum absolute atomic E-state index is 12.5. The van der Waals surface area contributed by atoms with Crippen molar-refractivity contribution < 1.29 is 19.1 Å². The summed E-state index contributed by atoms with van der Waals surface area (Å²) >= 11 is 1.57. The first-order valence-corrected chi connectivity index (χ1v) is 9.86. The van der Waals surface area contributed by atoms with Gasteiger partial charge in [-0.15, -0.1) is 0 Å². The van der Waals surface area contributed by atoms with Crippen LogP contribution in [0.1, 0.15) is 43.1 Å². The molecular formula is C19H28N2O4S. The van der Waals surface area contributed by atoms with Crippen molar-refractivity contribution in [3.63, 3.8) is 0 Å². The van der Waals surface area contributed by atoms with E-state index in [1.165, 1.54) is 7.05 Å². The number of nitrogens with one attached hydrogen (secondary N) is 2. The molecule has 1 aromatic rings. The van der Waals surface area contributed by atoms with E-state index in [-0.39, 0.29) is 17.9 Å². The number of hydrogen-bond donors (Lipinski definition) is 2. The second-order valence-electron chi connectivity index (χ2n) is 6.92. The number of likely N-dealkylation sites (N-methyl/N-ethyl adjacent to an activating group) is 1. The van der Waals surface area contributed by atoms with Gasteiger partial charge in [0.25, 0.3) is 11.8 Å². The summed E-state index contributed by atoms with van der Waals surface area (Å²) < 4.78 is 4.98. The van der Waals surface area contributed by atoms with Crippen molar-refractivity contribution >= 4 is 29.5 Å². The van der Waals surface area contributed by atoms with E-state index in [2.05, 4.69) is 31.4 Å². The van der Waals surface area contributed by atoms with Gasteiger partial charge in [0.05, 0.1) is 0 Å². The Bertz CT molecular complexity index is 623. The van der Waals surface area contributed by atoms with Crippen molar-refractivity contribution in [3.05, 3.63) is 35.4 Å². The Morgan fingerprint density at radius 3 is 2.27 bits per heavy atom. The van der Waals surface area contributed by atoms with Crippen LogP contribution in [0.2, 0.25) is 0 Å². The number of carbonyl (C=O) groups excluding carboxylic acids is 3. The minimum absolute atomic E-state index is 0.000449. The van der Waals surface area contributed by atoms with Gasteiger partial charge in [0.15, 0.2) is 6.61 Å². The van der Waals surface area contributed by atoms with Gasteiger partial charge in [0, 0.05) is 12.6 Å². The van der Waals surface area contributed by atoms with E-state index in [0.29, 0.717) is 17.7 Å². The summed E-state index contributed by atoms with van der Waals surface area (Å²) in [6.07, 6.45) is 2.35. The fraction of sp³-hybridized carbons (Fsp3) is 0.526. The predicted octanol–water partition coefficient (Wildman–Crippen LogP) is 2.12. The lowest BCUT2D eigenvalue weighted by Crippen LogP contribution is -2.43. The van der Waals surface area contributed by atoms with Crippen LogP contribution in [0.3, 0.4) is 0 Å².